The summed E-state index contributed by atoms with van der Waals surface area (Å²) in [5, 5.41) is 3.96. The number of carbonyl (C=O) groups is 1. The molecule has 4 nitrogen and oxygen atoms in total. The van der Waals surface area contributed by atoms with E-state index in [1.165, 1.54) is 35.3 Å². The molecule has 3 heterocycles. The van der Waals surface area contributed by atoms with Gasteiger partial charge in [-0.3, -0.25) is 10.1 Å². The molecule has 0 bridgehead atoms. The molecule has 6 heteroatoms. The Morgan fingerprint density at radius 1 is 1.37 bits per heavy atom. The van der Waals surface area contributed by atoms with Gasteiger partial charge in [0.25, 0.3) is 0 Å². The van der Waals surface area contributed by atoms with Crippen molar-refractivity contribution in [1.82, 2.24) is 10.2 Å². The van der Waals surface area contributed by atoms with Crippen molar-refractivity contribution in [1.29, 1.82) is 0 Å². The fourth-order valence-electron chi connectivity index (χ4n) is 3.07. The van der Waals surface area contributed by atoms with Crippen LogP contribution in [0.2, 0.25) is 0 Å². The lowest BCUT2D eigenvalue weighted by atomic mass is 9.87. The van der Waals surface area contributed by atoms with E-state index in [-0.39, 0.29) is 18.3 Å². The van der Waals surface area contributed by atoms with Crippen molar-refractivity contribution in [3.8, 4) is 0 Å². The second kappa shape index (κ2) is 4.49. The van der Waals surface area contributed by atoms with Crippen molar-refractivity contribution in [2.75, 3.05) is 6.54 Å². The van der Waals surface area contributed by atoms with Crippen LogP contribution in [0.1, 0.15) is 29.3 Å². The third kappa shape index (κ3) is 1.96. The number of halogens is 1. The molecule has 0 aromatic carbocycles. The van der Waals surface area contributed by atoms with Gasteiger partial charge in [-0.1, -0.05) is 6.92 Å². The number of nitrogens with one attached hydrogen (secondary N) is 1. The molecule has 4 rings (SSSR count). The van der Waals surface area contributed by atoms with Crippen LogP contribution in [-0.4, -0.2) is 23.3 Å². The van der Waals surface area contributed by atoms with E-state index in [1.807, 2.05) is 11.3 Å². The molecule has 0 radical (unpaired) electrons. The summed E-state index contributed by atoms with van der Waals surface area (Å²) in [6, 6.07) is 0. The summed E-state index contributed by atoms with van der Waals surface area (Å²) >= 11 is 1.82. The van der Waals surface area contributed by atoms with Crippen LogP contribution in [0.4, 0.5) is 5.00 Å². The van der Waals surface area contributed by atoms with Crippen molar-refractivity contribution in [3.63, 3.8) is 0 Å². The molecule has 1 unspecified atom stereocenters. The molecule has 2 aliphatic heterocycles. The molecular weight excluding hydrogens is 282 g/mol. The number of nitrogens with zero attached hydrogens (tertiary/aromatic N) is 2. The number of rotatable bonds is 0. The first kappa shape index (κ1) is 12.9. The van der Waals surface area contributed by atoms with E-state index in [2.05, 4.69) is 22.1 Å². The third-order valence-electron chi connectivity index (χ3n) is 4.04. The van der Waals surface area contributed by atoms with Crippen LogP contribution >= 0.6 is 23.7 Å². The minimum atomic E-state index is 0. The molecule has 1 aromatic rings. The Kier molecular flexibility index (Phi) is 3.06. The van der Waals surface area contributed by atoms with E-state index in [0.717, 1.165) is 23.4 Å². The smallest absolute Gasteiger partial charge is 0.246 e. The second-order valence-corrected chi connectivity index (χ2v) is 6.56. The van der Waals surface area contributed by atoms with Crippen molar-refractivity contribution in [2.45, 2.75) is 32.7 Å². The summed E-state index contributed by atoms with van der Waals surface area (Å²) in [6.07, 6.45) is 3.68. The lowest BCUT2D eigenvalue weighted by molar-refractivity contribution is -0.118. The zero-order valence-corrected chi connectivity index (χ0v) is 12.4. The monoisotopic (exact) mass is 297 g/mol. The fraction of sp³-hybridized carbons (Fsp3) is 0.538. The van der Waals surface area contributed by atoms with Crippen LogP contribution < -0.4 is 5.32 Å². The summed E-state index contributed by atoms with van der Waals surface area (Å²) in [5.41, 5.74) is 2.90. The highest BCUT2D eigenvalue weighted by Crippen LogP contribution is 2.43. The van der Waals surface area contributed by atoms with Crippen molar-refractivity contribution < 1.29 is 4.79 Å². The Bertz CT molecular complexity index is 581. The molecule has 0 saturated carbocycles. The number of thiophene rings is 1. The van der Waals surface area contributed by atoms with Crippen LogP contribution in [-0.2, 0) is 24.2 Å². The number of aliphatic imine (C=N–C) groups is 1. The average molecular weight is 298 g/mol. The molecule has 1 saturated heterocycles. The highest BCUT2D eigenvalue weighted by Gasteiger charge is 2.33. The van der Waals surface area contributed by atoms with Gasteiger partial charge >= 0.3 is 0 Å². The largest absolute Gasteiger partial charge is 0.329 e. The number of aryl methyl sites for hydroxylation is 1. The molecule has 1 amide bonds. The first-order chi connectivity index (χ1) is 8.70. The molecule has 0 spiro atoms. The Hall–Kier alpha value is -1.07. The molecule has 1 atom stereocenters. The molecule has 19 heavy (non-hydrogen) atoms. The van der Waals surface area contributed by atoms with E-state index in [4.69, 9.17) is 0 Å². The molecule has 102 valence electrons. The van der Waals surface area contributed by atoms with Gasteiger partial charge in [-0.05, 0) is 30.7 Å². The van der Waals surface area contributed by atoms with Gasteiger partial charge < -0.3 is 4.90 Å². The highest BCUT2D eigenvalue weighted by molar-refractivity contribution is 7.16. The molecular formula is C13H16ClN3OS. The summed E-state index contributed by atoms with van der Waals surface area (Å²) in [5.74, 6) is 1.59. The Balaban J connectivity index is 0.00000110. The Morgan fingerprint density at radius 2 is 2.21 bits per heavy atom. The van der Waals surface area contributed by atoms with Crippen molar-refractivity contribution in [3.05, 3.63) is 16.0 Å². The van der Waals surface area contributed by atoms with E-state index >= 15 is 0 Å². The second-order valence-electron chi connectivity index (χ2n) is 5.48. The number of guanidine groups is 1. The minimum Gasteiger partial charge on any atom is -0.329 e. The molecule has 1 aliphatic carbocycles. The number of hydrogen-bond acceptors (Lipinski definition) is 4. The zero-order chi connectivity index (χ0) is 12.3. The lowest BCUT2D eigenvalue weighted by Gasteiger charge is -2.24. The molecule has 1 fully saturated rings. The normalized spacial score (nSPS) is 23.8. The van der Waals surface area contributed by atoms with Crippen LogP contribution in [0.25, 0.3) is 0 Å². The van der Waals surface area contributed by atoms with Gasteiger partial charge in [0.15, 0.2) is 0 Å². The van der Waals surface area contributed by atoms with Gasteiger partial charge in [0.05, 0.1) is 0 Å². The van der Waals surface area contributed by atoms with Gasteiger partial charge in [-0.25, -0.2) is 4.99 Å². The number of carbonyl (C=O) groups excluding carboxylic acids is 1. The topological polar surface area (TPSA) is 44.7 Å². The molecule has 1 N–H and O–H groups in total. The van der Waals surface area contributed by atoms with E-state index in [0.29, 0.717) is 6.54 Å². The van der Waals surface area contributed by atoms with Gasteiger partial charge in [0, 0.05) is 17.0 Å². The first-order valence-electron chi connectivity index (χ1n) is 6.47. The number of hydrogen-bond donors (Lipinski definition) is 1. The number of fused-ring (bicyclic) bond motifs is 4. The Labute approximate surface area is 122 Å². The predicted octanol–water partition coefficient (Wildman–Crippen LogP) is 2.23. The van der Waals surface area contributed by atoms with Gasteiger partial charge in [0.2, 0.25) is 11.9 Å². The van der Waals surface area contributed by atoms with Crippen LogP contribution in [0.5, 0.6) is 0 Å². The van der Waals surface area contributed by atoms with E-state index in [9.17, 15) is 4.79 Å². The molecule has 3 aliphatic rings. The minimum absolute atomic E-state index is 0. The van der Waals surface area contributed by atoms with Gasteiger partial charge in [-0.2, -0.15) is 0 Å². The predicted molar refractivity (Wildman–Crippen MR) is 78.4 cm³/mol. The first-order valence-corrected chi connectivity index (χ1v) is 7.29. The summed E-state index contributed by atoms with van der Waals surface area (Å²) < 4.78 is 0. The maximum Gasteiger partial charge on any atom is 0.246 e. The van der Waals surface area contributed by atoms with Gasteiger partial charge in [-0.15, -0.1) is 23.7 Å². The summed E-state index contributed by atoms with van der Waals surface area (Å²) in [6.45, 7) is 3.63. The number of amides is 1. The standard InChI is InChI=1S/C13H15N3OS.ClH/c1-7-2-3-10-8(4-7)9-5-16-6-11(17)14-13(16)15-12(9)18-10;/h7H,2-6H2,1H3,(H,14,15,17);1H. The van der Waals surface area contributed by atoms with Crippen molar-refractivity contribution >= 4 is 40.6 Å². The van der Waals surface area contributed by atoms with Gasteiger partial charge in [0.1, 0.15) is 11.5 Å². The summed E-state index contributed by atoms with van der Waals surface area (Å²) in [7, 11) is 0. The third-order valence-corrected chi connectivity index (χ3v) is 5.27. The fourth-order valence-corrected chi connectivity index (χ4v) is 4.29. The Morgan fingerprint density at radius 3 is 3.05 bits per heavy atom. The quantitative estimate of drug-likeness (QED) is 0.798. The zero-order valence-electron chi connectivity index (χ0n) is 10.7. The average Bonchev–Trinajstić information content (AvgIpc) is 2.85. The van der Waals surface area contributed by atoms with Crippen LogP contribution in [0.15, 0.2) is 4.99 Å². The van der Waals surface area contributed by atoms with Crippen molar-refractivity contribution in [2.24, 2.45) is 10.9 Å². The van der Waals surface area contributed by atoms with Crippen LogP contribution in [0, 0.1) is 5.92 Å². The van der Waals surface area contributed by atoms with Crippen LogP contribution in [0.3, 0.4) is 0 Å². The van der Waals surface area contributed by atoms with E-state index < -0.39 is 0 Å². The lowest BCUT2D eigenvalue weighted by Crippen LogP contribution is -2.32. The summed E-state index contributed by atoms with van der Waals surface area (Å²) in [4.78, 5) is 19.6. The highest BCUT2D eigenvalue weighted by atomic mass is 35.5. The SMILES string of the molecule is CC1CCc2sc3c(c2C1)CN1CC(=O)NC1=N3.Cl. The maximum atomic E-state index is 11.4. The van der Waals surface area contributed by atoms with E-state index in [1.54, 1.807) is 0 Å². The maximum absolute atomic E-state index is 11.4. The molecule has 1 aromatic heterocycles.